The molecule has 0 aromatic heterocycles. The summed E-state index contributed by atoms with van der Waals surface area (Å²) in [5, 5.41) is 0. The van der Waals surface area contributed by atoms with E-state index in [9.17, 15) is 0 Å². The molecule has 0 aromatic rings. The van der Waals surface area contributed by atoms with Gasteiger partial charge in [-0.25, -0.2) is 0 Å². The van der Waals surface area contributed by atoms with Crippen molar-refractivity contribution in [1.82, 2.24) is 0 Å². The second-order valence-electron chi connectivity index (χ2n) is 6.02. The van der Waals surface area contributed by atoms with Gasteiger partial charge in [0.2, 0.25) is 0 Å². The van der Waals surface area contributed by atoms with E-state index in [-0.39, 0.29) is 0 Å². The zero-order chi connectivity index (χ0) is 10.6. The van der Waals surface area contributed by atoms with Crippen LogP contribution < -0.4 is 0 Å². The SMILES string of the molecule is CCCC1=CC12CC2(C)C(C)C(C)C. The molecule has 0 N–H and O–H groups in total. The maximum absolute atomic E-state index is 2.56. The van der Waals surface area contributed by atoms with Crippen molar-refractivity contribution in [3.63, 3.8) is 0 Å². The summed E-state index contributed by atoms with van der Waals surface area (Å²) >= 11 is 0. The summed E-state index contributed by atoms with van der Waals surface area (Å²) < 4.78 is 0. The van der Waals surface area contributed by atoms with E-state index < -0.39 is 0 Å². The van der Waals surface area contributed by atoms with Crippen LogP contribution in [0, 0.1) is 22.7 Å². The van der Waals surface area contributed by atoms with E-state index in [0.717, 1.165) is 11.8 Å². The third-order valence-corrected chi connectivity index (χ3v) is 4.97. The van der Waals surface area contributed by atoms with Crippen LogP contribution in [-0.2, 0) is 0 Å². The van der Waals surface area contributed by atoms with Gasteiger partial charge in [0.25, 0.3) is 0 Å². The van der Waals surface area contributed by atoms with Crippen LogP contribution >= 0.6 is 0 Å². The molecular weight excluding hydrogens is 168 g/mol. The summed E-state index contributed by atoms with van der Waals surface area (Å²) in [6.45, 7) is 12.0. The van der Waals surface area contributed by atoms with Gasteiger partial charge in [-0.1, -0.05) is 52.7 Å². The molecule has 80 valence electrons. The second-order valence-corrected chi connectivity index (χ2v) is 6.02. The Morgan fingerprint density at radius 1 is 1.36 bits per heavy atom. The molecule has 14 heavy (non-hydrogen) atoms. The van der Waals surface area contributed by atoms with Crippen molar-refractivity contribution in [3.8, 4) is 0 Å². The molecule has 0 bridgehead atoms. The number of allylic oxidation sites excluding steroid dienone is 2. The first-order chi connectivity index (χ1) is 6.48. The highest BCUT2D eigenvalue weighted by Crippen LogP contribution is 2.80. The molecule has 0 radical (unpaired) electrons. The number of hydrogen-bond acceptors (Lipinski definition) is 0. The van der Waals surface area contributed by atoms with E-state index in [2.05, 4.69) is 40.7 Å². The van der Waals surface area contributed by atoms with E-state index in [1.54, 1.807) is 5.57 Å². The van der Waals surface area contributed by atoms with E-state index in [1.165, 1.54) is 19.3 Å². The highest BCUT2D eigenvalue weighted by Gasteiger charge is 2.72. The van der Waals surface area contributed by atoms with Crippen LogP contribution in [0.25, 0.3) is 0 Å². The Morgan fingerprint density at radius 2 is 2.00 bits per heavy atom. The fourth-order valence-corrected chi connectivity index (χ4v) is 3.36. The minimum atomic E-state index is 0.617. The maximum atomic E-state index is 2.56. The van der Waals surface area contributed by atoms with Crippen molar-refractivity contribution >= 4 is 0 Å². The van der Waals surface area contributed by atoms with Gasteiger partial charge in [0, 0.05) is 5.41 Å². The predicted molar refractivity (Wildman–Crippen MR) is 62.2 cm³/mol. The molecule has 0 heterocycles. The Labute approximate surface area is 88.8 Å². The van der Waals surface area contributed by atoms with Crippen LogP contribution in [0.1, 0.15) is 53.9 Å². The Kier molecular flexibility index (Phi) is 2.10. The van der Waals surface area contributed by atoms with Crippen molar-refractivity contribution < 1.29 is 0 Å². The van der Waals surface area contributed by atoms with Gasteiger partial charge >= 0.3 is 0 Å². The lowest BCUT2D eigenvalue weighted by Crippen LogP contribution is -2.18. The fraction of sp³-hybridized carbons (Fsp3) is 0.857. The fourth-order valence-electron chi connectivity index (χ4n) is 3.36. The van der Waals surface area contributed by atoms with Crippen molar-refractivity contribution in [2.24, 2.45) is 22.7 Å². The Hall–Kier alpha value is -0.260. The van der Waals surface area contributed by atoms with Crippen LogP contribution in [0.5, 0.6) is 0 Å². The monoisotopic (exact) mass is 192 g/mol. The van der Waals surface area contributed by atoms with Crippen LogP contribution in [0.4, 0.5) is 0 Å². The van der Waals surface area contributed by atoms with Gasteiger partial charge in [0.1, 0.15) is 0 Å². The highest BCUT2D eigenvalue weighted by atomic mass is 14.8. The molecule has 0 heteroatoms. The smallest absolute Gasteiger partial charge is 0.0156 e. The molecule has 2 aliphatic carbocycles. The predicted octanol–water partition coefficient (Wildman–Crippen LogP) is 4.42. The number of hydrogen-bond donors (Lipinski definition) is 0. The van der Waals surface area contributed by atoms with E-state index >= 15 is 0 Å². The standard InChI is InChI=1S/C14H24/c1-6-7-12-8-14(12)9-13(14,5)11(4)10(2)3/h8,10-11H,6-7,9H2,1-5H3. The minimum Gasteiger partial charge on any atom is -0.0736 e. The van der Waals surface area contributed by atoms with Gasteiger partial charge in [-0.3, -0.25) is 0 Å². The molecule has 2 rings (SSSR count). The van der Waals surface area contributed by atoms with Gasteiger partial charge in [-0.2, -0.15) is 0 Å². The topological polar surface area (TPSA) is 0 Å². The molecule has 2 aliphatic rings. The third-order valence-electron chi connectivity index (χ3n) is 4.97. The van der Waals surface area contributed by atoms with E-state index in [4.69, 9.17) is 0 Å². The van der Waals surface area contributed by atoms with Crippen molar-refractivity contribution in [2.75, 3.05) is 0 Å². The van der Waals surface area contributed by atoms with Gasteiger partial charge < -0.3 is 0 Å². The lowest BCUT2D eigenvalue weighted by molar-refractivity contribution is 0.252. The van der Waals surface area contributed by atoms with Crippen LogP contribution in [-0.4, -0.2) is 0 Å². The Balaban J connectivity index is 1.98. The summed E-state index contributed by atoms with van der Waals surface area (Å²) in [5.74, 6) is 1.70. The minimum absolute atomic E-state index is 0.617. The molecule has 0 amide bonds. The molecule has 0 aromatic carbocycles. The van der Waals surface area contributed by atoms with Gasteiger partial charge in [-0.15, -0.1) is 0 Å². The average Bonchev–Trinajstić information content (AvgIpc) is 2.93. The van der Waals surface area contributed by atoms with Crippen LogP contribution in [0.15, 0.2) is 11.6 Å². The zero-order valence-corrected chi connectivity index (χ0v) is 10.4. The molecule has 0 saturated heterocycles. The molecule has 1 fully saturated rings. The summed E-state index contributed by atoms with van der Waals surface area (Å²) in [7, 11) is 0. The molecular formula is C14H24. The molecule has 1 spiro atoms. The van der Waals surface area contributed by atoms with Crippen molar-refractivity contribution in [2.45, 2.75) is 53.9 Å². The summed E-state index contributed by atoms with van der Waals surface area (Å²) in [4.78, 5) is 0. The van der Waals surface area contributed by atoms with E-state index in [1.807, 2.05) is 0 Å². The highest BCUT2D eigenvalue weighted by molar-refractivity contribution is 5.51. The van der Waals surface area contributed by atoms with E-state index in [0.29, 0.717) is 10.8 Å². The second kappa shape index (κ2) is 2.87. The van der Waals surface area contributed by atoms with Crippen LogP contribution in [0.2, 0.25) is 0 Å². The van der Waals surface area contributed by atoms with Crippen LogP contribution in [0.3, 0.4) is 0 Å². The Morgan fingerprint density at radius 3 is 2.50 bits per heavy atom. The molecule has 0 aliphatic heterocycles. The summed E-state index contributed by atoms with van der Waals surface area (Å²) in [6, 6.07) is 0. The Bertz CT molecular complexity index is 274. The summed E-state index contributed by atoms with van der Waals surface area (Å²) in [5.41, 5.74) is 3.01. The first-order valence-corrected chi connectivity index (χ1v) is 6.20. The molecule has 3 unspecified atom stereocenters. The lowest BCUT2D eigenvalue weighted by atomic mass is 9.80. The molecule has 1 saturated carbocycles. The van der Waals surface area contributed by atoms with Crippen molar-refractivity contribution in [3.05, 3.63) is 11.6 Å². The average molecular weight is 192 g/mol. The molecule has 3 atom stereocenters. The third kappa shape index (κ3) is 1.12. The number of rotatable bonds is 4. The maximum Gasteiger partial charge on any atom is 0.0156 e. The molecule has 0 nitrogen and oxygen atoms in total. The lowest BCUT2D eigenvalue weighted by Gasteiger charge is -2.25. The normalized spacial score (nSPS) is 41.4. The van der Waals surface area contributed by atoms with Gasteiger partial charge in [-0.05, 0) is 30.1 Å². The van der Waals surface area contributed by atoms with Gasteiger partial charge in [0.05, 0.1) is 0 Å². The largest absolute Gasteiger partial charge is 0.0736 e. The zero-order valence-electron chi connectivity index (χ0n) is 10.4. The first kappa shape index (κ1) is 10.3. The quantitative estimate of drug-likeness (QED) is 0.579. The first-order valence-electron chi connectivity index (χ1n) is 6.20. The summed E-state index contributed by atoms with van der Waals surface area (Å²) in [6.07, 6.45) is 6.67. The van der Waals surface area contributed by atoms with Gasteiger partial charge in [0.15, 0.2) is 0 Å². The van der Waals surface area contributed by atoms with Crippen molar-refractivity contribution in [1.29, 1.82) is 0 Å².